The molecule has 0 spiro atoms. The van der Waals surface area contributed by atoms with Gasteiger partial charge in [0, 0.05) is 16.7 Å². The average Bonchev–Trinajstić information content (AvgIpc) is 2.43. The molecule has 110 valence electrons. The molecule has 0 aliphatic heterocycles. The van der Waals surface area contributed by atoms with Gasteiger partial charge in [-0.3, -0.25) is 10.1 Å². The van der Waals surface area contributed by atoms with E-state index in [1.54, 1.807) is 36.4 Å². The molecule has 0 fully saturated rings. The summed E-state index contributed by atoms with van der Waals surface area (Å²) in [5.41, 5.74) is 1.64. The van der Waals surface area contributed by atoms with Gasteiger partial charge in [-0.25, -0.2) is 0 Å². The first kappa shape index (κ1) is 15.6. The van der Waals surface area contributed by atoms with Crippen molar-refractivity contribution in [2.24, 2.45) is 0 Å². The molecule has 2 aromatic carbocycles. The Morgan fingerprint density at radius 1 is 1.29 bits per heavy atom. The molecular formula is C14H13BrClN3O2. The zero-order chi connectivity index (χ0) is 15.4. The van der Waals surface area contributed by atoms with E-state index in [9.17, 15) is 10.1 Å². The third kappa shape index (κ3) is 3.65. The van der Waals surface area contributed by atoms with E-state index in [-0.39, 0.29) is 5.69 Å². The Morgan fingerprint density at radius 2 is 2.00 bits per heavy atom. The number of nitrogens with zero attached hydrogens (tertiary/aromatic N) is 1. The minimum Gasteiger partial charge on any atom is -0.380 e. The maximum Gasteiger partial charge on any atom is 0.315 e. The van der Waals surface area contributed by atoms with E-state index in [1.807, 2.05) is 6.92 Å². The molecular weight excluding hydrogens is 358 g/mol. The summed E-state index contributed by atoms with van der Waals surface area (Å²) >= 11 is 9.27. The fraction of sp³-hybridized carbons (Fsp3) is 0.143. The van der Waals surface area contributed by atoms with Crippen LogP contribution >= 0.6 is 27.5 Å². The lowest BCUT2D eigenvalue weighted by Crippen LogP contribution is -2.04. The molecule has 0 heterocycles. The van der Waals surface area contributed by atoms with Crippen molar-refractivity contribution in [3.05, 3.63) is 56.0 Å². The van der Waals surface area contributed by atoms with Crippen LogP contribution < -0.4 is 10.6 Å². The lowest BCUT2D eigenvalue weighted by molar-refractivity contribution is -0.383. The van der Waals surface area contributed by atoms with Gasteiger partial charge in [0.2, 0.25) is 0 Å². The van der Waals surface area contributed by atoms with E-state index >= 15 is 0 Å². The van der Waals surface area contributed by atoms with E-state index in [4.69, 9.17) is 11.6 Å². The molecule has 2 N–H and O–H groups in total. The van der Waals surface area contributed by atoms with Gasteiger partial charge in [0.1, 0.15) is 11.4 Å². The molecule has 0 aliphatic carbocycles. The average molecular weight is 371 g/mol. The van der Waals surface area contributed by atoms with Crippen LogP contribution in [0.5, 0.6) is 0 Å². The molecule has 0 aromatic heterocycles. The summed E-state index contributed by atoms with van der Waals surface area (Å²) in [6.07, 6.45) is 0. The van der Waals surface area contributed by atoms with Gasteiger partial charge in [-0.05, 0) is 53.2 Å². The van der Waals surface area contributed by atoms with Crippen LogP contribution in [0.3, 0.4) is 0 Å². The van der Waals surface area contributed by atoms with Crippen LogP contribution in [0.15, 0.2) is 40.9 Å². The Labute approximate surface area is 135 Å². The van der Waals surface area contributed by atoms with Crippen molar-refractivity contribution >= 4 is 50.3 Å². The van der Waals surface area contributed by atoms with Crippen molar-refractivity contribution in [3.63, 3.8) is 0 Å². The summed E-state index contributed by atoms with van der Waals surface area (Å²) < 4.78 is 0.722. The first-order chi connectivity index (χ1) is 10.0. The maximum atomic E-state index is 11.3. The van der Waals surface area contributed by atoms with Crippen LogP contribution in [0.2, 0.25) is 5.02 Å². The normalized spacial score (nSPS) is 10.2. The molecule has 2 aromatic rings. The van der Waals surface area contributed by atoms with Crippen LogP contribution in [0.1, 0.15) is 6.92 Å². The fourth-order valence-corrected chi connectivity index (χ4v) is 2.40. The van der Waals surface area contributed by atoms with Crippen molar-refractivity contribution in [1.29, 1.82) is 0 Å². The molecule has 2 rings (SSSR count). The first-order valence-corrected chi connectivity index (χ1v) is 7.43. The zero-order valence-electron chi connectivity index (χ0n) is 11.2. The summed E-state index contributed by atoms with van der Waals surface area (Å²) in [6.45, 7) is 2.50. The topological polar surface area (TPSA) is 67.2 Å². The number of para-hydroxylation sites is 1. The van der Waals surface area contributed by atoms with E-state index in [0.29, 0.717) is 28.6 Å². The Hall–Kier alpha value is -1.79. The van der Waals surface area contributed by atoms with Crippen LogP contribution in [0.4, 0.5) is 22.7 Å². The SMILES string of the molecule is CCNc1cccc(Nc2ccc(Cl)c(Br)c2)c1[N+](=O)[O-]. The minimum absolute atomic E-state index is 0.0189. The highest BCUT2D eigenvalue weighted by Gasteiger charge is 2.19. The van der Waals surface area contributed by atoms with Crippen molar-refractivity contribution < 1.29 is 4.92 Å². The van der Waals surface area contributed by atoms with E-state index in [0.717, 1.165) is 4.47 Å². The van der Waals surface area contributed by atoms with Gasteiger partial charge in [0.05, 0.1) is 9.95 Å². The smallest absolute Gasteiger partial charge is 0.315 e. The third-order valence-corrected chi connectivity index (χ3v) is 4.00. The predicted octanol–water partition coefficient (Wildman–Crippen LogP) is 5.19. The highest BCUT2D eigenvalue weighted by atomic mass is 79.9. The molecule has 0 atom stereocenters. The second-order valence-corrected chi connectivity index (χ2v) is 5.50. The van der Waals surface area contributed by atoms with Crippen LogP contribution in [0.25, 0.3) is 0 Å². The quantitative estimate of drug-likeness (QED) is 0.561. The van der Waals surface area contributed by atoms with Gasteiger partial charge < -0.3 is 10.6 Å². The number of nitro benzene ring substituents is 1. The second kappa shape index (κ2) is 6.78. The number of hydrogen-bond donors (Lipinski definition) is 2. The molecule has 0 saturated carbocycles. The summed E-state index contributed by atoms with van der Waals surface area (Å²) in [4.78, 5) is 10.9. The predicted molar refractivity (Wildman–Crippen MR) is 89.7 cm³/mol. The monoisotopic (exact) mass is 369 g/mol. The van der Waals surface area contributed by atoms with Gasteiger partial charge in [0.15, 0.2) is 0 Å². The summed E-state index contributed by atoms with van der Waals surface area (Å²) in [6, 6.07) is 10.4. The van der Waals surface area contributed by atoms with Crippen molar-refractivity contribution in [2.75, 3.05) is 17.2 Å². The van der Waals surface area contributed by atoms with Crippen molar-refractivity contribution in [2.45, 2.75) is 6.92 Å². The Bertz CT molecular complexity index is 679. The standard InChI is InChI=1S/C14H13BrClN3O2/c1-2-17-12-4-3-5-13(14(12)19(20)21)18-9-6-7-11(16)10(15)8-9/h3-8,17-18H,2H2,1H3. The van der Waals surface area contributed by atoms with Crippen molar-refractivity contribution in [1.82, 2.24) is 0 Å². The lowest BCUT2D eigenvalue weighted by Gasteiger charge is -2.11. The third-order valence-electron chi connectivity index (χ3n) is 2.78. The van der Waals surface area contributed by atoms with Gasteiger partial charge in [0.25, 0.3) is 0 Å². The van der Waals surface area contributed by atoms with Gasteiger partial charge in [-0.2, -0.15) is 0 Å². The van der Waals surface area contributed by atoms with Crippen molar-refractivity contribution in [3.8, 4) is 0 Å². The maximum absolute atomic E-state index is 11.3. The molecule has 0 amide bonds. The first-order valence-electron chi connectivity index (χ1n) is 6.26. The highest BCUT2D eigenvalue weighted by molar-refractivity contribution is 9.10. The number of hydrogen-bond acceptors (Lipinski definition) is 4. The molecule has 0 aliphatic rings. The number of nitrogens with one attached hydrogen (secondary N) is 2. The van der Waals surface area contributed by atoms with Gasteiger partial charge in [-0.1, -0.05) is 17.7 Å². The number of rotatable bonds is 5. The molecule has 7 heteroatoms. The van der Waals surface area contributed by atoms with Gasteiger partial charge >= 0.3 is 5.69 Å². The lowest BCUT2D eigenvalue weighted by atomic mass is 10.2. The van der Waals surface area contributed by atoms with E-state index in [2.05, 4.69) is 26.6 Å². The zero-order valence-corrected chi connectivity index (χ0v) is 13.5. The molecule has 0 bridgehead atoms. The number of nitro groups is 1. The molecule has 0 unspecified atom stereocenters. The Balaban J connectivity index is 2.41. The van der Waals surface area contributed by atoms with Crippen LogP contribution in [-0.4, -0.2) is 11.5 Å². The van der Waals surface area contributed by atoms with Crippen LogP contribution in [0, 0.1) is 10.1 Å². The number of benzene rings is 2. The fourth-order valence-electron chi connectivity index (χ4n) is 1.90. The van der Waals surface area contributed by atoms with Gasteiger partial charge in [-0.15, -0.1) is 0 Å². The van der Waals surface area contributed by atoms with E-state index < -0.39 is 4.92 Å². The van der Waals surface area contributed by atoms with E-state index in [1.165, 1.54) is 0 Å². The summed E-state index contributed by atoms with van der Waals surface area (Å²) in [7, 11) is 0. The minimum atomic E-state index is -0.398. The Kier molecular flexibility index (Phi) is 5.03. The summed E-state index contributed by atoms with van der Waals surface area (Å²) in [5, 5.41) is 17.9. The molecule has 0 radical (unpaired) electrons. The molecule has 0 saturated heterocycles. The summed E-state index contributed by atoms with van der Waals surface area (Å²) in [5.74, 6) is 0. The number of halogens is 2. The Morgan fingerprint density at radius 3 is 2.62 bits per heavy atom. The van der Waals surface area contributed by atoms with Crippen LogP contribution in [-0.2, 0) is 0 Å². The molecule has 5 nitrogen and oxygen atoms in total. The molecule has 21 heavy (non-hydrogen) atoms. The number of anilines is 3. The largest absolute Gasteiger partial charge is 0.380 e. The highest BCUT2D eigenvalue weighted by Crippen LogP contribution is 2.35. The second-order valence-electron chi connectivity index (χ2n) is 4.24.